The van der Waals surface area contributed by atoms with Crippen molar-refractivity contribution in [1.82, 2.24) is 5.32 Å². The summed E-state index contributed by atoms with van der Waals surface area (Å²) in [5, 5.41) is 3.42. The van der Waals surface area contributed by atoms with Gasteiger partial charge in [0.1, 0.15) is 0 Å². The molecule has 2 fully saturated rings. The summed E-state index contributed by atoms with van der Waals surface area (Å²) in [5.74, 6) is 0.573. The van der Waals surface area contributed by atoms with Gasteiger partial charge in [-0.1, -0.05) is 24.6 Å². The summed E-state index contributed by atoms with van der Waals surface area (Å²) < 4.78 is 0. The SMILES string of the molecule is O=C(C1=Nc2ccccc2C12CCNCC2)C1CCC1. The minimum Gasteiger partial charge on any atom is -0.317 e. The average molecular weight is 268 g/mol. The zero-order valence-electron chi connectivity index (χ0n) is 11.7. The second-order valence-corrected chi connectivity index (χ2v) is 6.30. The molecule has 3 heteroatoms. The van der Waals surface area contributed by atoms with Crippen molar-refractivity contribution in [3.8, 4) is 0 Å². The molecule has 2 aliphatic heterocycles. The molecule has 1 aromatic rings. The molecule has 0 bridgehead atoms. The molecule has 3 nitrogen and oxygen atoms in total. The van der Waals surface area contributed by atoms with Gasteiger partial charge in [-0.3, -0.25) is 4.79 Å². The molecule has 1 saturated carbocycles. The second kappa shape index (κ2) is 4.52. The lowest BCUT2D eigenvalue weighted by molar-refractivity contribution is -0.119. The fraction of sp³-hybridized carbons (Fsp3) is 0.529. The van der Waals surface area contributed by atoms with Gasteiger partial charge < -0.3 is 5.32 Å². The quantitative estimate of drug-likeness (QED) is 0.896. The van der Waals surface area contributed by atoms with Gasteiger partial charge in [0.15, 0.2) is 5.78 Å². The van der Waals surface area contributed by atoms with Crippen LogP contribution in [0.2, 0.25) is 0 Å². The highest BCUT2D eigenvalue weighted by molar-refractivity contribution is 6.45. The fourth-order valence-electron chi connectivity index (χ4n) is 3.85. The Bertz CT molecular complexity index is 580. The van der Waals surface area contributed by atoms with Crippen LogP contribution in [-0.2, 0) is 10.2 Å². The molecule has 0 unspecified atom stereocenters. The minimum absolute atomic E-state index is 0.103. The van der Waals surface area contributed by atoms with E-state index in [1.54, 1.807) is 0 Å². The summed E-state index contributed by atoms with van der Waals surface area (Å²) in [6.07, 6.45) is 5.32. The van der Waals surface area contributed by atoms with Gasteiger partial charge in [-0.25, -0.2) is 4.99 Å². The number of ketones is 1. The molecule has 104 valence electrons. The topological polar surface area (TPSA) is 41.5 Å². The van der Waals surface area contributed by atoms with Crippen molar-refractivity contribution in [3.05, 3.63) is 29.8 Å². The van der Waals surface area contributed by atoms with Crippen LogP contribution in [0.5, 0.6) is 0 Å². The number of carbonyl (C=O) groups is 1. The number of benzene rings is 1. The molecular formula is C17H20N2O. The van der Waals surface area contributed by atoms with Crippen LogP contribution in [-0.4, -0.2) is 24.6 Å². The molecule has 0 radical (unpaired) electrons. The summed E-state index contributed by atoms with van der Waals surface area (Å²) in [7, 11) is 0. The molecular weight excluding hydrogens is 248 g/mol. The summed E-state index contributed by atoms with van der Waals surface area (Å²) in [6, 6.07) is 8.33. The Balaban J connectivity index is 1.79. The third-order valence-electron chi connectivity index (χ3n) is 5.27. The van der Waals surface area contributed by atoms with Crippen molar-refractivity contribution >= 4 is 17.2 Å². The zero-order chi connectivity index (χ0) is 13.6. The van der Waals surface area contributed by atoms with E-state index in [9.17, 15) is 4.79 Å². The predicted molar refractivity (Wildman–Crippen MR) is 79.7 cm³/mol. The zero-order valence-corrected chi connectivity index (χ0v) is 11.7. The smallest absolute Gasteiger partial charge is 0.181 e. The summed E-state index contributed by atoms with van der Waals surface area (Å²) in [6.45, 7) is 1.95. The number of piperidine rings is 1. The first kappa shape index (κ1) is 12.3. The van der Waals surface area contributed by atoms with Gasteiger partial charge in [0, 0.05) is 11.3 Å². The highest BCUT2D eigenvalue weighted by Gasteiger charge is 2.48. The maximum Gasteiger partial charge on any atom is 0.181 e. The molecule has 4 rings (SSSR count). The molecule has 2 heterocycles. The number of nitrogens with zero attached hydrogens (tertiary/aromatic N) is 1. The molecule has 1 N–H and O–H groups in total. The Morgan fingerprint density at radius 3 is 2.65 bits per heavy atom. The Kier molecular flexibility index (Phi) is 2.77. The van der Waals surface area contributed by atoms with E-state index < -0.39 is 0 Å². The van der Waals surface area contributed by atoms with Gasteiger partial charge in [-0.05, 0) is 50.4 Å². The van der Waals surface area contributed by atoms with Crippen molar-refractivity contribution in [2.24, 2.45) is 10.9 Å². The predicted octanol–water partition coefficient (Wildman–Crippen LogP) is 2.76. The molecule has 0 atom stereocenters. The maximum absolute atomic E-state index is 12.8. The van der Waals surface area contributed by atoms with E-state index in [1.807, 2.05) is 6.07 Å². The third kappa shape index (κ3) is 1.62. The number of nitrogens with one attached hydrogen (secondary N) is 1. The maximum atomic E-state index is 12.8. The summed E-state index contributed by atoms with van der Waals surface area (Å²) in [5.41, 5.74) is 3.07. The molecule has 0 aromatic heterocycles. The van der Waals surface area contributed by atoms with E-state index in [4.69, 9.17) is 4.99 Å². The van der Waals surface area contributed by atoms with Crippen LogP contribution in [0.25, 0.3) is 0 Å². The number of rotatable bonds is 2. The highest BCUT2D eigenvalue weighted by atomic mass is 16.1. The molecule has 1 aliphatic carbocycles. The van der Waals surface area contributed by atoms with Crippen LogP contribution < -0.4 is 5.32 Å². The van der Waals surface area contributed by atoms with Gasteiger partial charge in [0.05, 0.1) is 11.4 Å². The number of hydrogen-bond acceptors (Lipinski definition) is 3. The Hall–Kier alpha value is -1.48. The first-order chi connectivity index (χ1) is 9.81. The Morgan fingerprint density at radius 2 is 1.95 bits per heavy atom. The standard InChI is InChI=1S/C17H20N2O/c20-15(12-4-3-5-12)16-17(8-10-18-11-9-17)13-6-1-2-7-14(13)19-16/h1-2,6-7,12,18H,3-5,8-11H2. The van der Waals surface area contributed by atoms with Crippen LogP contribution in [0.3, 0.4) is 0 Å². The van der Waals surface area contributed by atoms with E-state index in [0.717, 1.165) is 50.2 Å². The van der Waals surface area contributed by atoms with E-state index in [1.165, 1.54) is 12.0 Å². The van der Waals surface area contributed by atoms with Crippen molar-refractivity contribution in [2.75, 3.05) is 13.1 Å². The number of fused-ring (bicyclic) bond motifs is 2. The van der Waals surface area contributed by atoms with Crippen molar-refractivity contribution in [1.29, 1.82) is 0 Å². The average Bonchev–Trinajstić information content (AvgIpc) is 2.73. The fourth-order valence-corrected chi connectivity index (χ4v) is 3.85. The van der Waals surface area contributed by atoms with Gasteiger partial charge >= 0.3 is 0 Å². The molecule has 1 saturated heterocycles. The largest absolute Gasteiger partial charge is 0.317 e. The Morgan fingerprint density at radius 1 is 1.20 bits per heavy atom. The normalized spacial score (nSPS) is 24.1. The number of Topliss-reactive ketones (excluding diaryl/α,β-unsaturated/α-hetero) is 1. The molecule has 20 heavy (non-hydrogen) atoms. The lowest BCUT2D eigenvalue weighted by Crippen LogP contribution is -2.48. The van der Waals surface area contributed by atoms with Gasteiger partial charge in [0.2, 0.25) is 0 Å². The monoisotopic (exact) mass is 268 g/mol. The third-order valence-corrected chi connectivity index (χ3v) is 5.27. The lowest BCUT2D eigenvalue weighted by atomic mass is 9.66. The number of aliphatic imine (C=N–C) groups is 1. The van der Waals surface area contributed by atoms with Crippen molar-refractivity contribution < 1.29 is 4.79 Å². The Labute approximate surface area is 119 Å². The van der Waals surface area contributed by atoms with Crippen LogP contribution >= 0.6 is 0 Å². The van der Waals surface area contributed by atoms with E-state index >= 15 is 0 Å². The van der Waals surface area contributed by atoms with E-state index in [2.05, 4.69) is 23.5 Å². The van der Waals surface area contributed by atoms with Crippen LogP contribution in [0.1, 0.15) is 37.7 Å². The summed E-state index contributed by atoms with van der Waals surface area (Å²) >= 11 is 0. The van der Waals surface area contributed by atoms with E-state index in [-0.39, 0.29) is 11.3 Å². The van der Waals surface area contributed by atoms with Crippen LogP contribution in [0.15, 0.2) is 29.3 Å². The molecule has 1 aromatic carbocycles. The second-order valence-electron chi connectivity index (χ2n) is 6.30. The number of carbonyl (C=O) groups excluding carboxylic acids is 1. The lowest BCUT2D eigenvalue weighted by Gasteiger charge is -2.37. The van der Waals surface area contributed by atoms with E-state index in [0.29, 0.717) is 5.78 Å². The van der Waals surface area contributed by atoms with Crippen LogP contribution in [0, 0.1) is 5.92 Å². The first-order valence-corrected chi connectivity index (χ1v) is 7.75. The molecule has 1 spiro atoms. The van der Waals surface area contributed by atoms with Crippen molar-refractivity contribution in [2.45, 2.75) is 37.5 Å². The van der Waals surface area contributed by atoms with Crippen LogP contribution in [0.4, 0.5) is 5.69 Å². The van der Waals surface area contributed by atoms with Gasteiger partial charge in [0.25, 0.3) is 0 Å². The van der Waals surface area contributed by atoms with Gasteiger partial charge in [-0.15, -0.1) is 0 Å². The van der Waals surface area contributed by atoms with Gasteiger partial charge in [-0.2, -0.15) is 0 Å². The molecule has 0 amide bonds. The molecule has 3 aliphatic rings. The minimum atomic E-state index is -0.103. The number of hydrogen-bond donors (Lipinski definition) is 1. The first-order valence-electron chi connectivity index (χ1n) is 7.75. The summed E-state index contributed by atoms with van der Waals surface area (Å²) in [4.78, 5) is 17.6. The number of para-hydroxylation sites is 1. The van der Waals surface area contributed by atoms with Crippen molar-refractivity contribution in [3.63, 3.8) is 0 Å². The highest BCUT2D eigenvalue weighted by Crippen LogP contribution is 2.47.